The molecular weight excluding hydrogens is 294 g/mol. The number of thiophene rings is 1. The highest BCUT2D eigenvalue weighted by molar-refractivity contribution is 7.10. The Bertz CT molecular complexity index is 586. The number of nitrogens with one attached hydrogen (secondary N) is 2. The molecule has 2 rings (SSSR count). The van der Waals surface area contributed by atoms with Gasteiger partial charge in [-0.1, -0.05) is 17.7 Å². The molecule has 1 atom stereocenters. The van der Waals surface area contributed by atoms with Crippen LogP contribution in [0, 0.1) is 0 Å². The first kappa shape index (κ1) is 14.8. The van der Waals surface area contributed by atoms with Crippen molar-refractivity contribution in [2.24, 2.45) is 0 Å². The van der Waals surface area contributed by atoms with E-state index in [9.17, 15) is 4.79 Å². The maximum Gasteiger partial charge on any atom is 0.253 e. The van der Waals surface area contributed by atoms with E-state index in [2.05, 4.69) is 15.6 Å². The van der Waals surface area contributed by atoms with E-state index in [4.69, 9.17) is 11.6 Å². The molecule has 0 saturated carbocycles. The Morgan fingerprint density at radius 2 is 2.35 bits per heavy atom. The van der Waals surface area contributed by atoms with Crippen LogP contribution in [0.3, 0.4) is 0 Å². The summed E-state index contributed by atoms with van der Waals surface area (Å²) in [4.78, 5) is 17.4. The minimum absolute atomic E-state index is 0.0327. The molecule has 2 N–H and O–H groups in total. The van der Waals surface area contributed by atoms with E-state index in [1.165, 1.54) is 6.20 Å². The standard InChI is InChI=1S/C14H16ClN3OS/c1-3-16-13-11(15)7-10(8-17-13)14(19)18-9(2)12-5-4-6-20-12/h4-9H,3H2,1-2H3,(H,16,17)(H,18,19). The maximum absolute atomic E-state index is 12.1. The average molecular weight is 310 g/mol. The van der Waals surface area contributed by atoms with E-state index in [-0.39, 0.29) is 11.9 Å². The third-order valence-electron chi connectivity index (χ3n) is 2.77. The van der Waals surface area contributed by atoms with E-state index in [1.807, 2.05) is 31.4 Å². The lowest BCUT2D eigenvalue weighted by Crippen LogP contribution is -2.26. The summed E-state index contributed by atoms with van der Waals surface area (Å²) >= 11 is 7.70. The number of aromatic nitrogens is 1. The molecule has 6 heteroatoms. The molecule has 0 aliphatic carbocycles. The molecule has 1 amide bonds. The van der Waals surface area contributed by atoms with Crippen LogP contribution >= 0.6 is 22.9 Å². The third kappa shape index (κ3) is 3.49. The van der Waals surface area contributed by atoms with Gasteiger partial charge in [-0.05, 0) is 31.4 Å². The molecule has 4 nitrogen and oxygen atoms in total. The highest BCUT2D eigenvalue weighted by Gasteiger charge is 2.14. The predicted octanol–water partition coefficient (Wildman–Crippen LogP) is 3.72. The number of hydrogen-bond donors (Lipinski definition) is 2. The fraction of sp³-hybridized carbons (Fsp3) is 0.286. The Kier molecular flexibility index (Phi) is 4.98. The van der Waals surface area contributed by atoms with Crippen molar-refractivity contribution in [2.45, 2.75) is 19.9 Å². The fourth-order valence-electron chi connectivity index (χ4n) is 1.75. The smallest absolute Gasteiger partial charge is 0.253 e. The van der Waals surface area contributed by atoms with Crippen LogP contribution in [-0.4, -0.2) is 17.4 Å². The van der Waals surface area contributed by atoms with Crippen molar-refractivity contribution in [3.63, 3.8) is 0 Å². The van der Waals surface area contributed by atoms with Crippen LogP contribution in [0.1, 0.15) is 35.1 Å². The van der Waals surface area contributed by atoms with E-state index in [0.717, 1.165) is 11.4 Å². The molecular formula is C14H16ClN3OS. The third-order valence-corrected chi connectivity index (χ3v) is 4.11. The molecule has 0 spiro atoms. The van der Waals surface area contributed by atoms with Crippen molar-refractivity contribution in [3.05, 3.63) is 45.2 Å². The van der Waals surface area contributed by atoms with E-state index in [1.54, 1.807) is 17.4 Å². The average Bonchev–Trinajstić information content (AvgIpc) is 2.95. The van der Waals surface area contributed by atoms with Gasteiger partial charge in [0.25, 0.3) is 5.91 Å². The van der Waals surface area contributed by atoms with Gasteiger partial charge in [0.05, 0.1) is 16.6 Å². The highest BCUT2D eigenvalue weighted by Crippen LogP contribution is 2.21. The molecule has 0 aliphatic rings. The molecule has 2 aromatic heterocycles. The summed E-state index contributed by atoms with van der Waals surface area (Å²) in [6.45, 7) is 4.64. The van der Waals surface area contributed by atoms with Crippen molar-refractivity contribution >= 4 is 34.7 Å². The first-order valence-electron chi connectivity index (χ1n) is 6.35. The number of pyridine rings is 1. The van der Waals surface area contributed by atoms with Crippen LogP contribution in [-0.2, 0) is 0 Å². The summed E-state index contributed by atoms with van der Waals surface area (Å²) < 4.78 is 0. The van der Waals surface area contributed by atoms with E-state index < -0.39 is 0 Å². The van der Waals surface area contributed by atoms with Gasteiger partial charge in [-0.25, -0.2) is 4.98 Å². The molecule has 0 saturated heterocycles. The van der Waals surface area contributed by atoms with Gasteiger partial charge in [-0.15, -0.1) is 11.3 Å². The summed E-state index contributed by atoms with van der Waals surface area (Å²) in [5.41, 5.74) is 0.458. The largest absolute Gasteiger partial charge is 0.369 e. The zero-order valence-corrected chi connectivity index (χ0v) is 12.9. The number of nitrogens with zero attached hydrogens (tertiary/aromatic N) is 1. The van der Waals surface area contributed by atoms with E-state index in [0.29, 0.717) is 16.4 Å². The number of halogens is 1. The Morgan fingerprint density at radius 1 is 1.55 bits per heavy atom. The molecule has 2 aromatic rings. The molecule has 0 fully saturated rings. The lowest BCUT2D eigenvalue weighted by molar-refractivity contribution is 0.0940. The minimum Gasteiger partial charge on any atom is -0.369 e. The Morgan fingerprint density at radius 3 is 2.95 bits per heavy atom. The van der Waals surface area contributed by atoms with Crippen LogP contribution in [0.5, 0.6) is 0 Å². The molecule has 0 aliphatic heterocycles. The number of carbonyl (C=O) groups is 1. The van der Waals surface area contributed by atoms with Gasteiger partial charge in [0.2, 0.25) is 0 Å². The Hall–Kier alpha value is -1.59. The van der Waals surface area contributed by atoms with Crippen molar-refractivity contribution in [2.75, 3.05) is 11.9 Å². The first-order chi connectivity index (χ1) is 9.61. The molecule has 2 heterocycles. The second-order valence-electron chi connectivity index (χ2n) is 4.30. The number of carbonyl (C=O) groups excluding carboxylic acids is 1. The topological polar surface area (TPSA) is 54.0 Å². The van der Waals surface area contributed by atoms with Gasteiger partial charge in [0.15, 0.2) is 0 Å². The first-order valence-corrected chi connectivity index (χ1v) is 7.61. The van der Waals surface area contributed by atoms with Crippen molar-refractivity contribution in [3.8, 4) is 0 Å². The monoisotopic (exact) mass is 309 g/mol. The summed E-state index contributed by atoms with van der Waals surface area (Å²) in [5.74, 6) is 0.417. The SMILES string of the molecule is CCNc1ncc(C(=O)NC(C)c2cccs2)cc1Cl. The highest BCUT2D eigenvalue weighted by atomic mass is 35.5. The quantitative estimate of drug-likeness (QED) is 0.885. The lowest BCUT2D eigenvalue weighted by Gasteiger charge is -2.13. The molecule has 0 bridgehead atoms. The van der Waals surface area contributed by atoms with Crippen molar-refractivity contribution < 1.29 is 4.79 Å². The normalized spacial score (nSPS) is 11.9. The number of hydrogen-bond acceptors (Lipinski definition) is 4. The van der Waals surface area contributed by atoms with Crippen LogP contribution < -0.4 is 10.6 Å². The molecule has 0 aromatic carbocycles. The molecule has 106 valence electrons. The lowest BCUT2D eigenvalue weighted by atomic mass is 10.2. The molecule has 20 heavy (non-hydrogen) atoms. The van der Waals surface area contributed by atoms with Crippen LogP contribution in [0.15, 0.2) is 29.8 Å². The summed E-state index contributed by atoms with van der Waals surface area (Å²) in [5, 5.41) is 8.40. The minimum atomic E-state index is -0.177. The summed E-state index contributed by atoms with van der Waals surface area (Å²) in [7, 11) is 0. The number of amides is 1. The van der Waals surface area contributed by atoms with Gasteiger partial charge in [0.1, 0.15) is 5.82 Å². The van der Waals surface area contributed by atoms with E-state index >= 15 is 0 Å². The zero-order valence-electron chi connectivity index (χ0n) is 11.3. The van der Waals surface area contributed by atoms with Gasteiger partial charge in [-0.2, -0.15) is 0 Å². The van der Waals surface area contributed by atoms with Crippen LogP contribution in [0.2, 0.25) is 5.02 Å². The summed E-state index contributed by atoms with van der Waals surface area (Å²) in [6, 6.07) is 5.56. The number of anilines is 1. The second kappa shape index (κ2) is 6.72. The van der Waals surface area contributed by atoms with Crippen LogP contribution in [0.4, 0.5) is 5.82 Å². The molecule has 0 radical (unpaired) electrons. The van der Waals surface area contributed by atoms with Gasteiger partial charge < -0.3 is 10.6 Å². The van der Waals surface area contributed by atoms with Gasteiger partial charge in [-0.3, -0.25) is 4.79 Å². The van der Waals surface area contributed by atoms with Gasteiger partial charge >= 0.3 is 0 Å². The Balaban J connectivity index is 2.07. The fourth-order valence-corrected chi connectivity index (χ4v) is 2.72. The predicted molar refractivity (Wildman–Crippen MR) is 83.6 cm³/mol. The maximum atomic E-state index is 12.1. The van der Waals surface area contributed by atoms with Gasteiger partial charge in [0, 0.05) is 17.6 Å². The Labute approximate surface area is 127 Å². The summed E-state index contributed by atoms with van der Waals surface area (Å²) in [6.07, 6.45) is 1.53. The zero-order chi connectivity index (χ0) is 14.5. The van der Waals surface area contributed by atoms with Crippen molar-refractivity contribution in [1.29, 1.82) is 0 Å². The molecule has 1 unspecified atom stereocenters. The number of rotatable bonds is 5. The second-order valence-corrected chi connectivity index (χ2v) is 5.68. The van der Waals surface area contributed by atoms with Crippen LogP contribution in [0.25, 0.3) is 0 Å². The van der Waals surface area contributed by atoms with Crippen molar-refractivity contribution in [1.82, 2.24) is 10.3 Å².